The Labute approximate surface area is 156 Å². The van der Waals surface area contributed by atoms with Crippen LogP contribution in [0.1, 0.15) is 22.9 Å². The third-order valence-electron chi connectivity index (χ3n) is 4.32. The van der Waals surface area contributed by atoms with Gasteiger partial charge >= 0.3 is 0 Å². The van der Waals surface area contributed by atoms with Crippen LogP contribution < -0.4 is 5.32 Å². The summed E-state index contributed by atoms with van der Waals surface area (Å²) < 4.78 is 0. The Balaban J connectivity index is 1.84. The number of aryl methyl sites for hydroxylation is 1. The van der Waals surface area contributed by atoms with Gasteiger partial charge in [0, 0.05) is 16.6 Å². The van der Waals surface area contributed by atoms with E-state index in [1.165, 1.54) is 0 Å². The lowest BCUT2D eigenvalue weighted by atomic mass is 10.0. The maximum absolute atomic E-state index is 6.23. The molecule has 128 valence electrons. The first-order chi connectivity index (χ1) is 12.7. The quantitative estimate of drug-likeness (QED) is 0.544. The standard InChI is InChI=1S/C21H17ClN4/c1-14-6-4-10-17-19(14)21(25-13-24-17)26-20(18-9-2-3-11-23-18)15-7-5-8-16(22)12-15/h2-13,20H,1H3,(H,24,25,26). The summed E-state index contributed by atoms with van der Waals surface area (Å²) in [6, 6.07) is 19.6. The van der Waals surface area contributed by atoms with Gasteiger partial charge in [-0.05, 0) is 48.4 Å². The number of hydrogen-bond donors (Lipinski definition) is 1. The van der Waals surface area contributed by atoms with Gasteiger partial charge in [0.05, 0.1) is 17.3 Å². The highest BCUT2D eigenvalue weighted by Gasteiger charge is 2.18. The van der Waals surface area contributed by atoms with Crippen molar-refractivity contribution in [3.8, 4) is 0 Å². The molecule has 0 aliphatic rings. The fourth-order valence-corrected chi connectivity index (χ4v) is 3.29. The van der Waals surface area contributed by atoms with E-state index in [2.05, 4.69) is 33.3 Å². The zero-order chi connectivity index (χ0) is 17.9. The average molecular weight is 361 g/mol. The van der Waals surface area contributed by atoms with E-state index in [1.807, 2.05) is 54.6 Å². The van der Waals surface area contributed by atoms with Crippen LogP contribution in [0.2, 0.25) is 5.02 Å². The van der Waals surface area contributed by atoms with Crippen molar-refractivity contribution in [1.29, 1.82) is 0 Å². The first-order valence-corrected chi connectivity index (χ1v) is 8.73. The van der Waals surface area contributed by atoms with Crippen LogP contribution in [-0.4, -0.2) is 15.0 Å². The van der Waals surface area contributed by atoms with E-state index in [0.717, 1.165) is 33.5 Å². The molecule has 0 fully saturated rings. The Morgan fingerprint density at radius 2 is 1.81 bits per heavy atom. The molecule has 1 N–H and O–H groups in total. The molecule has 1 atom stereocenters. The van der Waals surface area contributed by atoms with Gasteiger partial charge in [0.2, 0.25) is 0 Å². The zero-order valence-corrected chi connectivity index (χ0v) is 15.0. The molecule has 4 aromatic rings. The molecule has 4 rings (SSSR count). The molecule has 26 heavy (non-hydrogen) atoms. The molecule has 0 bridgehead atoms. The van der Waals surface area contributed by atoms with Crippen LogP contribution in [0.5, 0.6) is 0 Å². The predicted molar refractivity (Wildman–Crippen MR) is 105 cm³/mol. The van der Waals surface area contributed by atoms with Gasteiger partial charge < -0.3 is 5.32 Å². The number of aromatic nitrogens is 3. The van der Waals surface area contributed by atoms with E-state index in [4.69, 9.17) is 11.6 Å². The maximum Gasteiger partial charge on any atom is 0.138 e. The number of fused-ring (bicyclic) bond motifs is 1. The van der Waals surface area contributed by atoms with E-state index in [1.54, 1.807) is 12.5 Å². The van der Waals surface area contributed by atoms with Crippen molar-refractivity contribution in [1.82, 2.24) is 15.0 Å². The van der Waals surface area contributed by atoms with Gasteiger partial charge in [-0.1, -0.05) is 41.9 Å². The molecule has 2 aromatic carbocycles. The van der Waals surface area contributed by atoms with Gasteiger partial charge in [-0.2, -0.15) is 0 Å². The van der Waals surface area contributed by atoms with E-state index in [9.17, 15) is 0 Å². The highest BCUT2D eigenvalue weighted by Crippen LogP contribution is 2.30. The molecule has 2 aromatic heterocycles. The molecule has 1 unspecified atom stereocenters. The van der Waals surface area contributed by atoms with Crippen molar-refractivity contribution < 1.29 is 0 Å². The SMILES string of the molecule is Cc1cccc2ncnc(NC(c3cccc(Cl)c3)c3ccccn3)c12. The number of rotatable bonds is 4. The minimum Gasteiger partial charge on any atom is -0.357 e. The van der Waals surface area contributed by atoms with Gasteiger partial charge in [-0.25, -0.2) is 9.97 Å². The topological polar surface area (TPSA) is 50.7 Å². The highest BCUT2D eigenvalue weighted by atomic mass is 35.5. The Kier molecular flexibility index (Phi) is 4.50. The van der Waals surface area contributed by atoms with Crippen molar-refractivity contribution in [3.63, 3.8) is 0 Å². The van der Waals surface area contributed by atoms with E-state index >= 15 is 0 Å². The second-order valence-electron chi connectivity index (χ2n) is 6.08. The third-order valence-corrected chi connectivity index (χ3v) is 4.55. The fourth-order valence-electron chi connectivity index (χ4n) is 3.09. The van der Waals surface area contributed by atoms with Crippen LogP contribution >= 0.6 is 11.6 Å². The second-order valence-corrected chi connectivity index (χ2v) is 6.51. The Morgan fingerprint density at radius 3 is 2.62 bits per heavy atom. The van der Waals surface area contributed by atoms with Gasteiger partial charge in [0.1, 0.15) is 12.1 Å². The molecular formula is C21H17ClN4. The van der Waals surface area contributed by atoms with E-state index in [-0.39, 0.29) is 6.04 Å². The normalized spacial score (nSPS) is 12.1. The molecule has 0 spiro atoms. The molecular weight excluding hydrogens is 344 g/mol. The summed E-state index contributed by atoms with van der Waals surface area (Å²) >= 11 is 6.23. The molecule has 0 saturated heterocycles. The summed E-state index contributed by atoms with van der Waals surface area (Å²) in [6.07, 6.45) is 3.37. The first-order valence-electron chi connectivity index (χ1n) is 8.35. The second kappa shape index (κ2) is 7.10. The molecule has 0 amide bonds. The molecule has 4 nitrogen and oxygen atoms in total. The van der Waals surface area contributed by atoms with E-state index in [0.29, 0.717) is 5.02 Å². The van der Waals surface area contributed by atoms with Gasteiger partial charge in [-0.3, -0.25) is 4.98 Å². The van der Waals surface area contributed by atoms with Gasteiger partial charge in [0.15, 0.2) is 0 Å². The molecule has 0 aliphatic heterocycles. The number of nitrogens with zero attached hydrogens (tertiary/aromatic N) is 3. The number of benzene rings is 2. The Hall–Kier alpha value is -2.98. The van der Waals surface area contributed by atoms with Crippen LogP contribution in [0, 0.1) is 6.92 Å². The minimum absolute atomic E-state index is 0.174. The smallest absolute Gasteiger partial charge is 0.138 e. The Bertz CT molecular complexity index is 1040. The van der Waals surface area contributed by atoms with Crippen molar-refractivity contribution >= 4 is 28.3 Å². The van der Waals surface area contributed by atoms with Gasteiger partial charge in [0.25, 0.3) is 0 Å². The molecule has 0 saturated carbocycles. The lowest BCUT2D eigenvalue weighted by Crippen LogP contribution is -2.15. The molecule has 5 heteroatoms. The summed E-state index contributed by atoms with van der Waals surface area (Å²) in [4.78, 5) is 13.4. The summed E-state index contributed by atoms with van der Waals surface area (Å²) in [5, 5.41) is 5.25. The maximum atomic E-state index is 6.23. The van der Waals surface area contributed by atoms with Crippen molar-refractivity contribution in [2.75, 3.05) is 5.32 Å². The molecule has 2 heterocycles. The average Bonchev–Trinajstić information content (AvgIpc) is 2.67. The summed E-state index contributed by atoms with van der Waals surface area (Å²) in [5.41, 5.74) is 3.96. The number of hydrogen-bond acceptors (Lipinski definition) is 4. The predicted octanol–water partition coefficient (Wildman–Crippen LogP) is 5.19. The van der Waals surface area contributed by atoms with Crippen LogP contribution in [0.3, 0.4) is 0 Å². The van der Waals surface area contributed by atoms with E-state index < -0.39 is 0 Å². The first kappa shape index (κ1) is 16.5. The number of pyridine rings is 1. The monoisotopic (exact) mass is 360 g/mol. The minimum atomic E-state index is -0.174. The lowest BCUT2D eigenvalue weighted by molar-refractivity contribution is 0.879. The fraction of sp³-hybridized carbons (Fsp3) is 0.0952. The molecule has 0 radical (unpaired) electrons. The summed E-state index contributed by atoms with van der Waals surface area (Å²) in [6.45, 7) is 2.06. The number of halogens is 1. The van der Waals surface area contributed by atoms with Crippen LogP contribution in [0.15, 0.2) is 73.2 Å². The van der Waals surface area contributed by atoms with Crippen molar-refractivity contribution in [2.45, 2.75) is 13.0 Å². The van der Waals surface area contributed by atoms with Crippen molar-refractivity contribution in [3.05, 3.63) is 95.0 Å². The molecule has 0 aliphatic carbocycles. The zero-order valence-electron chi connectivity index (χ0n) is 14.2. The highest BCUT2D eigenvalue weighted by molar-refractivity contribution is 6.30. The number of anilines is 1. The van der Waals surface area contributed by atoms with Crippen LogP contribution in [0.25, 0.3) is 10.9 Å². The van der Waals surface area contributed by atoms with Gasteiger partial charge in [-0.15, -0.1) is 0 Å². The van der Waals surface area contributed by atoms with Crippen LogP contribution in [-0.2, 0) is 0 Å². The summed E-state index contributed by atoms with van der Waals surface area (Å²) in [7, 11) is 0. The Morgan fingerprint density at radius 1 is 0.923 bits per heavy atom. The largest absolute Gasteiger partial charge is 0.357 e. The lowest BCUT2D eigenvalue weighted by Gasteiger charge is -2.21. The number of nitrogens with one attached hydrogen (secondary N) is 1. The van der Waals surface area contributed by atoms with Crippen LogP contribution in [0.4, 0.5) is 5.82 Å². The summed E-state index contributed by atoms with van der Waals surface area (Å²) in [5.74, 6) is 0.781. The third kappa shape index (κ3) is 3.24. The van der Waals surface area contributed by atoms with Crippen molar-refractivity contribution in [2.24, 2.45) is 0 Å².